The molecule has 0 fully saturated rings. The summed E-state index contributed by atoms with van der Waals surface area (Å²) in [7, 11) is 0. The smallest absolute Gasteiger partial charge is 0.333 e. The van der Waals surface area contributed by atoms with Crippen LogP contribution in [0.1, 0.15) is 69.7 Å². The fourth-order valence-electron chi connectivity index (χ4n) is 11.5. The molecule has 0 unspecified atom stereocenters. The van der Waals surface area contributed by atoms with Crippen molar-refractivity contribution in [3.8, 4) is 34.0 Å². The fraction of sp³-hybridized carbons (Fsp3) is 0.175. The van der Waals surface area contributed by atoms with Gasteiger partial charge in [-0.2, -0.15) is 5.26 Å². The minimum atomic E-state index is -0.0677. The van der Waals surface area contributed by atoms with Gasteiger partial charge in [0.25, 0.3) is 0 Å². The number of nitrogens with zero attached hydrogens (tertiary/aromatic N) is 3. The summed E-state index contributed by atoms with van der Waals surface area (Å²) in [5.74, 6) is 0. The van der Waals surface area contributed by atoms with Gasteiger partial charge in [-0.05, 0) is 206 Å². The van der Waals surface area contributed by atoms with Gasteiger partial charge in [0.15, 0.2) is 0 Å². The van der Waals surface area contributed by atoms with E-state index in [4.69, 9.17) is 0 Å². The van der Waals surface area contributed by atoms with Crippen LogP contribution in [0.5, 0.6) is 0 Å². The second-order valence-corrected chi connectivity index (χ2v) is 19.6. The van der Waals surface area contributed by atoms with E-state index in [0.717, 1.165) is 18.4 Å². The number of thioether (sulfide) groups is 2. The summed E-state index contributed by atoms with van der Waals surface area (Å²) in [6, 6.07) is 37.2. The van der Waals surface area contributed by atoms with Gasteiger partial charge in [0.2, 0.25) is 0 Å². The van der Waals surface area contributed by atoms with E-state index < -0.39 is 0 Å². The standard InChI is InChI=1S/C57H48BN3S2/c1-10-12-32(4)52(31(2)3)38-19-21-50-43(23-38)45-24-39(53-33(5)13-11-14-34(53)6)25-47-54-35(7)42(37-17-15-36(30-59)16-18-37)29-51-55(54)58(61(50)56(45)47)48-28-41(63-9)27-46-44-26-40(62-8)20-22-49(44)60(51)57(46)48/h10,12-13,15-29H,1,11,14H2,2-9H3/b32-12-. The van der Waals surface area contributed by atoms with Gasteiger partial charge < -0.3 is 9.05 Å². The Bertz CT molecular complexity index is 3560. The van der Waals surface area contributed by atoms with Crippen LogP contribution in [0.15, 0.2) is 148 Å². The third kappa shape index (κ3) is 5.69. The van der Waals surface area contributed by atoms with Gasteiger partial charge >= 0.3 is 6.85 Å². The molecule has 6 aromatic carbocycles. The van der Waals surface area contributed by atoms with Crippen LogP contribution in [0.25, 0.3) is 82.7 Å². The van der Waals surface area contributed by atoms with E-state index in [2.05, 4.69) is 167 Å². The topological polar surface area (TPSA) is 33.6 Å². The number of nitriles is 1. The Kier molecular flexibility index (Phi) is 9.28. The summed E-state index contributed by atoms with van der Waals surface area (Å²) in [6.45, 7) is 17.6. The molecule has 4 heterocycles. The largest absolute Gasteiger partial charge is 0.375 e. The van der Waals surface area contributed by atoms with Gasteiger partial charge in [0.1, 0.15) is 0 Å². The first kappa shape index (κ1) is 39.7. The summed E-state index contributed by atoms with van der Waals surface area (Å²) in [6.07, 6.45) is 13.0. The number of fused-ring (bicyclic) bond motifs is 10. The lowest BCUT2D eigenvalue weighted by Gasteiger charge is -2.36. The first-order valence-corrected chi connectivity index (χ1v) is 24.4. The summed E-state index contributed by atoms with van der Waals surface area (Å²) >= 11 is 3.63. The fourth-order valence-corrected chi connectivity index (χ4v) is 12.5. The monoisotopic (exact) mass is 849 g/mol. The summed E-state index contributed by atoms with van der Waals surface area (Å²) in [5, 5.41) is 15.0. The zero-order valence-corrected chi connectivity index (χ0v) is 38.9. The summed E-state index contributed by atoms with van der Waals surface area (Å²) in [5.41, 5.74) is 26.3. The highest BCUT2D eigenvalue weighted by molar-refractivity contribution is 7.98. The van der Waals surface area contributed by atoms with E-state index in [1.54, 1.807) is 11.8 Å². The maximum atomic E-state index is 9.82. The van der Waals surface area contributed by atoms with E-state index in [-0.39, 0.29) is 6.85 Å². The van der Waals surface area contributed by atoms with Crippen LogP contribution < -0.4 is 10.9 Å². The lowest BCUT2D eigenvalue weighted by Crippen LogP contribution is -2.55. The highest BCUT2D eigenvalue weighted by atomic mass is 32.2. The van der Waals surface area contributed by atoms with Crippen LogP contribution in [0.2, 0.25) is 0 Å². The molecule has 0 radical (unpaired) electrons. The van der Waals surface area contributed by atoms with Crippen LogP contribution in [-0.4, -0.2) is 28.4 Å². The molecule has 2 aromatic heterocycles. The molecule has 0 amide bonds. The Morgan fingerprint density at radius 2 is 1.49 bits per heavy atom. The second-order valence-electron chi connectivity index (χ2n) is 17.8. The third-order valence-electron chi connectivity index (χ3n) is 14.1. The maximum absolute atomic E-state index is 9.82. The van der Waals surface area contributed by atoms with Gasteiger partial charge in [0.05, 0.1) is 22.7 Å². The van der Waals surface area contributed by atoms with Crippen molar-refractivity contribution in [3.05, 3.63) is 160 Å². The Labute approximate surface area is 379 Å². The van der Waals surface area contributed by atoms with Gasteiger partial charge in [0, 0.05) is 53.6 Å². The minimum absolute atomic E-state index is 0.0677. The van der Waals surface area contributed by atoms with E-state index >= 15 is 0 Å². The van der Waals surface area contributed by atoms with Crippen LogP contribution >= 0.6 is 23.5 Å². The number of rotatable bonds is 7. The van der Waals surface area contributed by atoms with Crippen molar-refractivity contribution in [3.63, 3.8) is 0 Å². The van der Waals surface area contributed by atoms with Gasteiger partial charge in [-0.15, -0.1) is 23.5 Å². The maximum Gasteiger partial charge on any atom is 0.333 e. The molecule has 1 aliphatic carbocycles. The molecule has 11 rings (SSSR count). The Morgan fingerprint density at radius 1 is 0.762 bits per heavy atom. The molecule has 0 spiro atoms. The van der Waals surface area contributed by atoms with Crippen molar-refractivity contribution in [1.29, 1.82) is 5.26 Å². The number of aromatic nitrogens is 2. The minimum Gasteiger partial charge on any atom is -0.375 e. The van der Waals surface area contributed by atoms with Crippen molar-refractivity contribution < 1.29 is 0 Å². The molecule has 0 saturated heterocycles. The molecule has 0 N–H and O–H groups in total. The molecule has 0 atom stereocenters. The van der Waals surface area contributed by atoms with E-state index in [0.29, 0.717) is 5.56 Å². The predicted octanol–water partition coefficient (Wildman–Crippen LogP) is 14.6. The first-order chi connectivity index (χ1) is 30.6. The second kappa shape index (κ2) is 14.7. The van der Waals surface area contributed by atoms with E-state index in [9.17, 15) is 5.26 Å². The molecule has 8 aromatic rings. The average molecular weight is 850 g/mol. The first-order valence-electron chi connectivity index (χ1n) is 21.9. The van der Waals surface area contributed by atoms with Crippen molar-refractivity contribution in [1.82, 2.24) is 9.05 Å². The molecule has 3 aliphatic rings. The molecule has 2 aliphatic heterocycles. The highest BCUT2D eigenvalue weighted by Crippen LogP contribution is 2.49. The average Bonchev–Trinajstić information content (AvgIpc) is 3.79. The third-order valence-corrected chi connectivity index (χ3v) is 15.5. The number of allylic oxidation sites excluding steroid dienone is 9. The van der Waals surface area contributed by atoms with Crippen LogP contribution in [-0.2, 0) is 0 Å². The molecule has 3 nitrogen and oxygen atoms in total. The van der Waals surface area contributed by atoms with E-state index in [1.807, 2.05) is 30.0 Å². The Hall–Kier alpha value is -6.13. The van der Waals surface area contributed by atoms with Gasteiger partial charge in [-0.25, -0.2) is 0 Å². The van der Waals surface area contributed by atoms with Crippen molar-refractivity contribution in [2.45, 2.75) is 64.2 Å². The van der Waals surface area contributed by atoms with Crippen molar-refractivity contribution in [2.24, 2.45) is 0 Å². The molecule has 0 saturated carbocycles. The molecule has 63 heavy (non-hydrogen) atoms. The molecular weight excluding hydrogens is 802 g/mol. The lowest BCUT2D eigenvalue weighted by molar-refractivity contribution is 0.953. The summed E-state index contributed by atoms with van der Waals surface area (Å²) in [4.78, 5) is 2.54. The van der Waals surface area contributed by atoms with Gasteiger partial charge in [-0.3, -0.25) is 0 Å². The lowest BCUT2D eigenvalue weighted by atomic mass is 9.45. The molecule has 0 bridgehead atoms. The highest BCUT2D eigenvalue weighted by Gasteiger charge is 2.43. The molecule has 6 heteroatoms. The van der Waals surface area contributed by atoms with Crippen LogP contribution in [0.3, 0.4) is 0 Å². The zero-order valence-electron chi connectivity index (χ0n) is 37.2. The zero-order chi connectivity index (χ0) is 43.6. The Balaban J connectivity index is 1.36. The number of hydrogen-bond acceptors (Lipinski definition) is 3. The predicted molar refractivity (Wildman–Crippen MR) is 276 cm³/mol. The van der Waals surface area contributed by atoms with Crippen LogP contribution in [0, 0.1) is 18.3 Å². The normalized spacial score (nSPS) is 14.2. The van der Waals surface area contributed by atoms with Crippen molar-refractivity contribution in [2.75, 3.05) is 12.5 Å². The van der Waals surface area contributed by atoms with Crippen LogP contribution in [0.4, 0.5) is 0 Å². The summed E-state index contributed by atoms with van der Waals surface area (Å²) < 4.78 is 5.30. The van der Waals surface area contributed by atoms with Gasteiger partial charge in [-0.1, -0.05) is 54.2 Å². The van der Waals surface area contributed by atoms with Crippen molar-refractivity contribution >= 4 is 96.1 Å². The number of hydrogen-bond donors (Lipinski definition) is 0. The number of benzene rings is 6. The Morgan fingerprint density at radius 3 is 2.21 bits per heavy atom. The quantitative estimate of drug-likeness (QED) is 0.0910. The SMILES string of the molecule is C=C/C=C(/C)C(=C(C)C)c1ccc2c(c1)c1cc(C3=C(C)CCC=C3C)cc3c1n2B1c2c(cc(-c4ccc(C#N)cc4)c(C)c2-3)-n2c3ccc(SC)cc3c3cc(SC)cc1c32. The molecular formula is C57H48BN3S2. The van der Waals surface area contributed by atoms with E-state index in [1.165, 1.54) is 137 Å². The molecule has 306 valence electrons.